The summed E-state index contributed by atoms with van der Waals surface area (Å²) in [5.74, 6) is 0.201. The minimum absolute atomic E-state index is 0.300. The smallest absolute Gasteiger partial charge is 0.139 e. The first-order valence-corrected chi connectivity index (χ1v) is 6.55. The van der Waals surface area contributed by atoms with Crippen molar-refractivity contribution >= 4 is 27.4 Å². The first kappa shape index (κ1) is 12.2. The maximum Gasteiger partial charge on any atom is 0.139 e. The number of nitrogens with two attached hydrogens (primary N) is 1. The lowest BCUT2D eigenvalue weighted by atomic mass is 10.1. The van der Waals surface area contributed by atoms with Crippen LogP contribution in [0.3, 0.4) is 0 Å². The maximum atomic E-state index is 13.3. The number of hydrogen-bond donors (Lipinski definition) is 1. The minimum Gasteiger partial charge on any atom is -0.383 e. The zero-order valence-electron chi connectivity index (χ0n) is 10.2. The van der Waals surface area contributed by atoms with Gasteiger partial charge in [0.2, 0.25) is 0 Å². The van der Waals surface area contributed by atoms with Crippen LogP contribution in [-0.2, 0) is 0 Å². The zero-order chi connectivity index (χ0) is 13.6. The van der Waals surface area contributed by atoms with Crippen molar-refractivity contribution in [2.45, 2.75) is 6.92 Å². The predicted molar refractivity (Wildman–Crippen MR) is 77.4 cm³/mol. The standard InChI is InChI=1S/C14H11BrFN3/c1-8-5-12-18-13(9-3-2-4-10(16)6-9)14(17)19(12)7-11(8)15/h2-7H,17H2,1H3. The topological polar surface area (TPSA) is 43.3 Å². The van der Waals surface area contributed by atoms with E-state index in [1.807, 2.05) is 19.2 Å². The van der Waals surface area contributed by atoms with Crippen LogP contribution in [0.5, 0.6) is 0 Å². The predicted octanol–water partition coefficient (Wildman–Crippen LogP) is 3.79. The van der Waals surface area contributed by atoms with Crippen LogP contribution < -0.4 is 5.73 Å². The number of pyridine rings is 1. The quantitative estimate of drug-likeness (QED) is 0.741. The van der Waals surface area contributed by atoms with Crippen LogP contribution in [0.4, 0.5) is 10.2 Å². The minimum atomic E-state index is -0.300. The third-order valence-electron chi connectivity index (χ3n) is 3.04. The molecule has 19 heavy (non-hydrogen) atoms. The first-order chi connectivity index (χ1) is 9.06. The van der Waals surface area contributed by atoms with Gasteiger partial charge in [-0.05, 0) is 46.6 Å². The SMILES string of the molecule is Cc1cc2nc(-c3cccc(F)c3)c(N)n2cc1Br. The number of imidazole rings is 1. The van der Waals surface area contributed by atoms with Gasteiger partial charge in [-0.15, -0.1) is 0 Å². The third kappa shape index (κ3) is 2.00. The Balaban J connectivity index is 2.28. The summed E-state index contributed by atoms with van der Waals surface area (Å²) in [6.07, 6.45) is 1.87. The monoisotopic (exact) mass is 319 g/mol. The fourth-order valence-corrected chi connectivity index (χ4v) is 2.35. The molecule has 0 aliphatic rings. The highest BCUT2D eigenvalue weighted by molar-refractivity contribution is 9.10. The van der Waals surface area contributed by atoms with Gasteiger partial charge in [-0.25, -0.2) is 9.37 Å². The van der Waals surface area contributed by atoms with Crippen molar-refractivity contribution in [1.29, 1.82) is 0 Å². The fourth-order valence-electron chi connectivity index (χ4n) is 2.03. The summed E-state index contributed by atoms with van der Waals surface area (Å²) < 4.78 is 16.0. The molecule has 0 radical (unpaired) electrons. The summed E-state index contributed by atoms with van der Waals surface area (Å²) in [5, 5.41) is 0. The van der Waals surface area contributed by atoms with Gasteiger partial charge < -0.3 is 5.73 Å². The summed E-state index contributed by atoms with van der Waals surface area (Å²) in [6.45, 7) is 1.98. The van der Waals surface area contributed by atoms with Gasteiger partial charge in [0, 0.05) is 16.2 Å². The lowest BCUT2D eigenvalue weighted by Crippen LogP contribution is -1.95. The van der Waals surface area contributed by atoms with Crippen molar-refractivity contribution in [2.75, 3.05) is 5.73 Å². The number of fused-ring (bicyclic) bond motifs is 1. The first-order valence-electron chi connectivity index (χ1n) is 5.76. The molecule has 3 aromatic rings. The Morgan fingerprint density at radius 1 is 1.32 bits per heavy atom. The van der Waals surface area contributed by atoms with Gasteiger partial charge in [0.15, 0.2) is 0 Å². The van der Waals surface area contributed by atoms with E-state index >= 15 is 0 Å². The molecule has 5 heteroatoms. The average molecular weight is 320 g/mol. The van der Waals surface area contributed by atoms with Gasteiger partial charge in [0.05, 0.1) is 0 Å². The molecule has 0 amide bonds. The van der Waals surface area contributed by atoms with Gasteiger partial charge in [0.25, 0.3) is 0 Å². The molecular formula is C14H11BrFN3. The van der Waals surface area contributed by atoms with Gasteiger partial charge in [0.1, 0.15) is 23.0 Å². The van der Waals surface area contributed by atoms with E-state index in [1.165, 1.54) is 12.1 Å². The second-order valence-electron chi connectivity index (χ2n) is 4.39. The molecule has 0 unspecified atom stereocenters. The van der Waals surface area contributed by atoms with E-state index in [2.05, 4.69) is 20.9 Å². The van der Waals surface area contributed by atoms with Gasteiger partial charge in [-0.3, -0.25) is 4.40 Å². The number of benzene rings is 1. The summed E-state index contributed by atoms with van der Waals surface area (Å²) in [7, 11) is 0. The molecule has 0 spiro atoms. The number of nitrogens with zero attached hydrogens (tertiary/aromatic N) is 2. The molecular weight excluding hydrogens is 309 g/mol. The van der Waals surface area contributed by atoms with Crippen LogP contribution in [0.1, 0.15) is 5.56 Å². The van der Waals surface area contributed by atoms with Crippen molar-refractivity contribution in [2.24, 2.45) is 0 Å². The van der Waals surface area contributed by atoms with Crippen LogP contribution in [0, 0.1) is 12.7 Å². The highest BCUT2D eigenvalue weighted by Gasteiger charge is 2.12. The summed E-state index contributed by atoms with van der Waals surface area (Å²) in [6, 6.07) is 8.21. The van der Waals surface area contributed by atoms with E-state index in [1.54, 1.807) is 16.5 Å². The van der Waals surface area contributed by atoms with E-state index in [9.17, 15) is 4.39 Å². The summed E-state index contributed by atoms with van der Waals surface area (Å²) in [4.78, 5) is 4.48. The number of anilines is 1. The molecule has 3 nitrogen and oxygen atoms in total. The largest absolute Gasteiger partial charge is 0.383 e. The fraction of sp³-hybridized carbons (Fsp3) is 0.0714. The molecule has 0 saturated carbocycles. The zero-order valence-corrected chi connectivity index (χ0v) is 11.8. The molecule has 2 aromatic heterocycles. The Bertz CT molecular complexity index is 780. The molecule has 0 bridgehead atoms. The maximum absolute atomic E-state index is 13.3. The molecule has 0 aliphatic carbocycles. The third-order valence-corrected chi connectivity index (χ3v) is 3.87. The van der Waals surface area contributed by atoms with Gasteiger partial charge in [-0.2, -0.15) is 0 Å². The Kier molecular flexibility index (Phi) is 2.78. The molecule has 0 aliphatic heterocycles. The van der Waals surface area contributed by atoms with Crippen LogP contribution in [-0.4, -0.2) is 9.38 Å². The number of nitrogen functional groups attached to an aromatic ring is 1. The van der Waals surface area contributed by atoms with Gasteiger partial charge >= 0.3 is 0 Å². The molecule has 0 atom stereocenters. The van der Waals surface area contributed by atoms with Crippen LogP contribution in [0.25, 0.3) is 16.9 Å². The van der Waals surface area contributed by atoms with Crippen LogP contribution in [0.2, 0.25) is 0 Å². The molecule has 1 aromatic carbocycles. The Labute approximate surface area is 118 Å². The van der Waals surface area contributed by atoms with Crippen molar-refractivity contribution < 1.29 is 4.39 Å². The molecule has 0 fully saturated rings. The van der Waals surface area contributed by atoms with Crippen molar-refractivity contribution in [3.63, 3.8) is 0 Å². The molecule has 96 valence electrons. The molecule has 2 heterocycles. The second-order valence-corrected chi connectivity index (χ2v) is 5.24. The average Bonchev–Trinajstić information content (AvgIpc) is 2.68. The Morgan fingerprint density at radius 2 is 2.11 bits per heavy atom. The number of aryl methyl sites for hydroxylation is 1. The van der Waals surface area contributed by atoms with E-state index in [0.717, 1.165) is 15.7 Å². The molecule has 0 saturated heterocycles. The van der Waals surface area contributed by atoms with E-state index in [0.29, 0.717) is 17.1 Å². The van der Waals surface area contributed by atoms with Crippen LogP contribution >= 0.6 is 15.9 Å². The number of rotatable bonds is 1. The number of aromatic nitrogens is 2. The highest BCUT2D eigenvalue weighted by Crippen LogP contribution is 2.29. The normalized spacial score (nSPS) is 11.1. The van der Waals surface area contributed by atoms with Gasteiger partial charge in [-0.1, -0.05) is 12.1 Å². The molecule has 2 N–H and O–H groups in total. The highest BCUT2D eigenvalue weighted by atomic mass is 79.9. The second kappa shape index (κ2) is 4.35. The van der Waals surface area contributed by atoms with Crippen molar-refractivity contribution in [3.8, 4) is 11.3 Å². The lowest BCUT2D eigenvalue weighted by molar-refractivity contribution is 0.628. The van der Waals surface area contributed by atoms with E-state index in [-0.39, 0.29) is 5.82 Å². The van der Waals surface area contributed by atoms with E-state index < -0.39 is 0 Å². The van der Waals surface area contributed by atoms with Crippen molar-refractivity contribution in [1.82, 2.24) is 9.38 Å². The lowest BCUT2D eigenvalue weighted by Gasteiger charge is -2.01. The number of halogens is 2. The summed E-state index contributed by atoms with van der Waals surface area (Å²) >= 11 is 3.46. The van der Waals surface area contributed by atoms with Crippen molar-refractivity contribution in [3.05, 3.63) is 52.4 Å². The Morgan fingerprint density at radius 3 is 2.84 bits per heavy atom. The Hall–Kier alpha value is -1.88. The van der Waals surface area contributed by atoms with Crippen LogP contribution in [0.15, 0.2) is 41.0 Å². The summed E-state index contributed by atoms with van der Waals surface area (Å²) in [5.41, 5.74) is 9.19. The number of hydrogen-bond acceptors (Lipinski definition) is 2. The molecule has 3 rings (SSSR count). The van der Waals surface area contributed by atoms with E-state index in [4.69, 9.17) is 5.73 Å².